The van der Waals surface area contributed by atoms with Gasteiger partial charge in [0.2, 0.25) is 0 Å². The van der Waals surface area contributed by atoms with Gasteiger partial charge in [-0.15, -0.1) is 0 Å². The van der Waals surface area contributed by atoms with E-state index in [1.807, 2.05) is 19.9 Å². The fourth-order valence-corrected chi connectivity index (χ4v) is 3.57. The van der Waals surface area contributed by atoms with Gasteiger partial charge in [0, 0.05) is 18.6 Å². The highest BCUT2D eigenvalue weighted by atomic mass is 28.3. The molecule has 5 nitrogen and oxygen atoms in total. The largest absolute Gasteiger partial charge is 0.492 e. The molecular formula is C14H24BNO4Si. The monoisotopic (exact) mass is 309 g/mol. The van der Waals surface area contributed by atoms with Crippen LogP contribution in [-0.4, -0.2) is 49.3 Å². The molecule has 2 N–H and O–H groups in total. The highest BCUT2D eigenvalue weighted by Gasteiger charge is 2.29. The van der Waals surface area contributed by atoms with Crippen LogP contribution in [0.15, 0.2) is 18.2 Å². The molecule has 0 unspecified atom stereocenters. The number of para-hydroxylation sites is 1. The van der Waals surface area contributed by atoms with Crippen molar-refractivity contribution in [3.63, 3.8) is 0 Å². The van der Waals surface area contributed by atoms with E-state index in [1.54, 1.807) is 17.0 Å². The summed E-state index contributed by atoms with van der Waals surface area (Å²) >= 11 is 0. The zero-order valence-corrected chi connectivity index (χ0v) is 14.4. The minimum absolute atomic E-state index is 0.232. The van der Waals surface area contributed by atoms with E-state index < -0.39 is 21.3 Å². The van der Waals surface area contributed by atoms with Crippen molar-refractivity contribution in [2.24, 2.45) is 0 Å². The van der Waals surface area contributed by atoms with Gasteiger partial charge in [0.25, 0.3) is 0 Å². The van der Waals surface area contributed by atoms with Gasteiger partial charge in [-0.2, -0.15) is 0 Å². The van der Waals surface area contributed by atoms with Crippen molar-refractivity contribution >= 4 is 31.9 Å². The summed E-state index contributed by atoms with van der Waals surface area (Å²) in [6.45, 7) is 11.2. The molecular weight excluding hydrogens is 285 g/mol. The average Bonchev–Trinajstić information content (AvgIpc) is 2.38. The molecule has 0 saturated carbocycles. The van der Waals surface area contributed by atoms with Crippen molar-refractivity contribution in [2.75, 3.05) is 13.1 Å². The zero-order valence-electron chi connectivity index (χ0n) is 13.4. The van der Waals surface area contributed by atoms with Gasteiger partial charge in [-0.05, 0) is 19.0 Å². The molecule has 1 aromatic rings. The molecule has 7 heteroatoms. The normalized spacial score (nSPS) is 11.2. The maximum absolute atomic E-state index is 12.2. The number of nitrogens with zero attached hydrogens (tertiary/aromatic N) is 1. The molecule has 1 rings (SSSR count). The molecule has 0 spiro atoms. The lowest BCUT2D eigenvalue weighted by atomic mass is 9.79. The molecule has 116 valence electrons. The molecule has 0 fully saturated rings. The molecule has 0 heterocycles. The lowest BCUT2D eigenvalue weighted by molar-refractivity contribution is 0.158. The summed E-state index contributed by atoms with van der Waals surface area (Å²) in [5.41, 5.74) is 0.232. The van der Waals surface area contributed by atoms with Crippen LogP contribution in [-0.2, 0) is 0 Å². The smallest absolute Gasteiger partial charge is 0.423 e. The van der Waals surface area contributed by atoms with Crippen LogP contribution in [0.3, 0.4) is 0 Å². The number of ether oxygens (including phenoxy) is 1. The summed E-state index contributed by atoms with van der Waals surface area (Å²) in [5, 5.41) is 20.0. The predicted molar refractivity (Wildman–Crippen MR) is 88.2 cm³/mol. The Morgan fingerprint density at radius 2 is 1.81 bits per heavy atom. The van der Waals surface area contributed by atoms with Crippen molar-refractivity contribution in [3.8, 4) is 5.75 Å². The quantitative estimate of drug-likeness (QED) is 0.788. The predicted octanol–water partition coefficient (Wildman–Crippen LogP) is 0.752. The number of carbonyl (C=O) groups is 1. The highest BCUT2D eigenvalue weighted by Crippen LogP contribution is 2.14. The topological polar surface area (TPSA) is 70.0 Å². The molecule has 1 aromatic carbocycles. The van der Waals surface area contributed by atoms with Crippen LogP contribution in [0.25, 0.3) is 0 Å². The van der Waals surface area contributed by atoms with Gasteiger partial charge in [0.1, 0.15) is 5.75 Å². The molecule has 0 aliphatic carbocycles. The van der Waals surface area contributed by atoms with E-state index in [2.05, 4.69) is 19.6 Å². The van der Waals surface area contributed by atoms with Crippen LogP contribution >= 0.6 is 0 Å². The standard InChI is InChI=1S/C14H24BNO4Si/c1-6-16(7-2)14(17)20-13-11(15(18)19)9-8-10-12(13)21(3,4)5/h8-10,18-19H,6-7H2,1-5H3. The Kier molecular flexibility index (Phi) is 6.00. The fraction of sp³-hybridized carbons (Fsp3) is 0.500. The van der Waals surface area contributed by atoms with E-state index in [0.717, 1.165) is 5.19 Å². The number of rotatable bonds is 5. The third-order valence-electron chi connectivity index (χ3n) is 3.34. The maximum atomic E-state index is 12.2. The first kappa shape index (κ1) is 17.7. The zero-order chi connectivity index (χ0) is 16.2. The maximum Gasteiger partial charge on any atom is 0.492 e. The Bertz CT molecular complexity index is 498. The second-order valence-corrected chi connectivity index (χ2v) is 10.9. The van der Waals surface area contributed by atoms with Gasteiger partial charge in [-0.25, -0.2) is 4.79 Å². The summed E-state index contributed by atoms with van der Waals surface area (Å²) in [6, 6.07) is 5.22. The summed E-state index contributed by atoms with van der Waals surface area (Å²) in [7, 11) is -3.46. The lowest BCUT2D eigenvalue weighted by Gasteiger charge is -2.25. The minimum atomic E-state index is -1.80. The number of hydrogen-bond donors (Lipinski definition) is 2. The van der Waals surface area contributed by atoms with Crippen LogP contribution in [0.5, 0.6) is 5.75 Å². The Labute approximate surface area is 127 Å². The molecule has 1 amide bonds. The van der Waals surface area contributed by atoms with Gasteiger partial charge in [0.15, 0.2) is 0 Å². The van der Waals surface area contributed by atoms with E-state index in [4.69, 9.17) is 4.74 Å². The number of amides is 1. The third-order valence-corrected chi connectivity index (χ3v) is 5.35. The lowest BCUT2D eigenvalue weighted by Crippen LogP contribution is -2.46. The van der Waals surface area contributed by atoms with Gasteiger partial charge in [-0.3, -0.25) is 0 Å². The molecule has 0 aromatic heterocycles. The Balaban J connectivity index is 3.28. The summed E-state index contributed by atoms with van der Waals surface area (Å²) in [6.07, 6.45) is -0.465. The van der Waals surface area contributed by atoms with E-state index in [1.165, 1.54) is 0 Å². The van der Waals surface area contributed by atoms with E-state index >= 15 is 0 Å². The average molecular weight is 309 g/mol. The van der Waals surface area contributed by atoms with Crippen molar-refractivity contribution in [1.29, 1.82) is 0 Å². The number of hydrogen-bond acceptors (Lipinski definition) is 4. The molecule has 0 radical (unpaired) electrons. The molecule has 0 aliphatic rings. The minimum Gasteiger partial charge on any atom is -0.423 e. The van der Waals surface area contributed by atoms with Crippen LogP contribution in [0.4, 0.5) is 4.79 Å². The van der Waals surface area contributed by atoms with Crippen molar-refractivity contribution in [3.05, 3.63) is 18.2 Å². The molecule has 0 saturated heterocycles. The second kappa shape index (κ2) is 7.11. The van der Waals surface area contributed by atoms with E-state index in [-0.39, 0.29) is 5.46 Å². The van der Waals surface area contributed by atoms with Crippen molar-refractivity contribution < 1.29 is 19.6 Å². The van der Waals surface area contributed by atoms with Gasteiger partial charge >= 0.3 is 13.2 Å². The molecule has 0 atom stereocenters. The van der Waals surface area contributed by atoms with Crippen LogP contribution < -0.4 is 15.4 Å². The SMILES string of the molecule is CCN(CC)C(=O)Oc1c(B(O)O)cccc1[Si](C)(C)C. The highest BCUT2D eigenvalue weighted by molar-refractivity contribution is 6.89. The van der Waals surface area contributed by atoms with Gasteiger partial charge in [-0.1, -0.05) is 37.8 Å². The Morgan fingerprint density at radius 1 is 1.24 bits per heavy atom. The van der Waals surface area contributed by atoms with Crippen LogP contribution in [0.2, 0.25) is 19.6 Å². The van der Waals surface area contributed by atoms with Crippen LogP contribution in [0.1, 0.15) is 13.8 Å². The molecule has 21 heavy (non-hydrogen) atoms. The van der Waals surface area contributed by atoms with Gasteiger partial charge < -0.3 is 19.7 Å². The first-order valence-corrected chi connectivity index (χ1v) is 10.7. The summed E-state index contributed by atoms with van der Waals surface area (Å²) in [4.78, 5) is 13.7. The Hall–Kier alpha value is -1.31. The van der Waals surface area contributed by atoms with E-state index in [9.17, 15) is 14.8 Å². The molecule has 0 aliphatic heterocycles. The van der Waals surface area contributed by atoms with Crippen LogP contribution in [0, 0.1) is 0 Å². The number of benzene rings is 1. The first-order valence-electron chi connectivity index (χ1n) is 7.18. The Morgan fingerprint density at radius 3 is 2.24 bits per heavy atom. The molecule has 0 bridgehead atoms. The second-order valence-electron chi connectivity index (χ2n) is 5.89. The van der Waals surface area contributed by atoms with Crippen molar-refractivity contribution in [2.45, 2.75) is 33.5 Å². The summed E-state index contributed by atoms with van der Waals surface area (Å²) < 4.78 is 5.51. The summed E-state index contributed by atoms with van der Waals surface area (Å²) in [5.74, 6) is 0.295. The van der Waals surface area contributed by atoms with E-state index in [0.29, 0.717) is 18.8 Å². The number of carbonyl (C=O) groups excluding carboxylic acids is 1. The van der Waals surface area contributed by atoms with Gasteiger partial charge in [0.05, 0.1) is 8.07 Å². The first-order chi connectivity index (χ1) is 9.72. The fourth-order valence-electron chi connectivity index (χ4n) is 2.10. The van der Waals surface area contributed by atoms with Crippen molar-refractivity contribution in [1.82, 2.24) is 4.90 Å². The third kappa shape index (κ3) is 4.33.